The van der Waals surface area contributed by atoms with E-state index in [1.165, 1.54) is 0 Å². The first-order chi connectivity index (χ1) is 7.30. The Hall–Kier alpha value is -0.550. The second-order valence-corrected chi connectivity index (χ2v) is 5.18. The number of carbonyl (C=O) groups is 1. The Morgan fingerprint density at radius 1 is 1.38 bits per heavy atom. The zero-order valence-electron chi connectivity index (χ0n) is 9.93. The highest BCUT2D eigenvalue weighted by atomic mass is 19.3. The van der Waals surface area contributed by atoms with Crippen molar-refractivity contribution >= 4 is 5.78 Å². The number of carbonyl (C=O) groups excluding carboxylic acids is 1. The lowest BCUT2D eigenvalue weighted by atomic mass is 9.80. The van der Waals surface area contributed by atoms with Crippen LogP contribution in [0.5, 0.6) is 0 Å². The van der Waals surface area contributed by atoms with Crippen molar-refractivity contribution in [3.05, 3.63) is 0 Å². The zero-order chi connectivity index (χ0) is 12.3. The van der Waals surface area contributed by atoms with Crippen LogP contribution in [0.25, 0.3) is 0 Å². The van der Waals surface area contributed by atoms with Crippen LogP contribution in [0.1, 0.15) is 33.6 Å². The number of halogens is 2. The van der Waals surface area contributed by atoms with E-state index in [2.05, 4.69) is 10.1 Å². The van der Waals surface area contributed by atoms with E-state index >= 15 is 0 Å². The molecule has 1 aliphatic heterocycles. The van der Waals surface area contributed by atoms with E-state index in [4.69, 9.17) is 0 Å². The first-order valence-corrected chi connectivity index (χ1v) is 5.52. The largest absolute Gasteiger partial charge is 0.346 e. The van der Waals surface area contributed by atoms with Crippen molar-refractivity contribution in [1.82, 2.24) is 5.32 Å². The Bertz CT molecular complexity index is 243. The third-order valence-electron chi connectivity index (χ3n) is 2.75. The molecule has 3 nitrogen and oxygen atoms in total. The highest BCUT2D eigenvalue weighted by Crippen LogP contribution is 2.26. The Morgan fingerprint density at radius 2 is 2.00 bits per heavy atom. The van der Waals surface area contributed by atoms with Gasteiger partial charge in [0, 0.05) is 17.9 Å². The van der Waals surface area contributed by atoms with Crippen LogP contribution in [0.4, 0.5) is 8.78 Å². The summed E-state index contributed by atoms with van der Waals surface area (Å²) < 4.78 is 28.2. The van der Waals surface area contributed by atoms with E-state index < -0.39 is 12.8 Å². The molecule has 0 bridgehead atoms. The number of rotatable bonds is 3. The molecule has 0 aliphatic carbocycles. The van der Waals surface area contributed by atoms with E-state index in [9.17, 15) is 13.6 Å². The molecule has 1 fully saturated rings. The monoisotopic (exact) mass is 235 g/mol. The van der Waals surface area contributed by atoms with Gasteiger partial charge in [-0.1, -0.05) is 20.8 Å². The molecule has 0 radical (unpaired) electrons. The van der Waals surface area contributed by atoms with Gasteiger partial charge in [0.05, 0.1) is 0 Å². The highest BCUT2D eigenvalue weighted by Gasteiger charge is 2.33. The molecule has 0 saturated carbocycles. The van der Waals surface area contributed by atoms with Crippen LogP contribution in [0, 0.1) is 11.3 Å². The van der Waals surface area contributed by atoms with Gasteiger partial charge in [-0.3, -0.25) is 10.1 Å². The Balaban J connectivity index is 2.40. The molecule has 1 heterocycles. The number of nitrogens with one attached hydrogen (secondary N) is 1. The predicted octanol–water partition coefficient (Wildman–Crippen LogP) is 2.17. The average Bonchev–Trinajstić information content (AvgIpc) is 2.15. The maximum atomic E-state index is 11.9. The standard InChI is InChI=1S/C11H19F2NO2/c1-11(2,3)9(15)7-4-5-8(14-6-7)16-10(12)13/h7-8,10,14H,4-6H2,1-3H3. The van der Waals surface area contributed by atoms with Crippen molar-refractivity contribution in [2.45, 2.75) is 46.5 Å². The van der Waals surface area contributed by atoms with Gasteiger partial charge in [-0.25, -0.2) is 0 Å². The fraction of sp³-hybridized carbons (Fsp3) is 0.909. The van der Waals surface area contributed by atoms with Crippen molar-refractivity contribution in [2.75, 3.05) is 6.54 Å². The minimum Gasteiger partial charge on any atom is -0.304 e. The normalized spacial score (nSPS) is 27.1. The SMILES string of the molecule is CC(C)(C)C(=O)C1CCC(OC(F)F)NC1. The second-order valence-electron chi connectivity index (χ2n) is 5.18. The maximum absolute atomic E-state index is 11.9. The van der Waals surface area contributed by atoms with E-state index in [0.717, 1.165) is 0 Å². The Kier molecular flexibility index (Phi) is 4.38. The van der Waals surface area contributed by atoms with Crippen molar-refractivity contribution in [1.29, 1.82) is 0 Å². The number of ether oxygens (including phenoxy) is 1. The summed E-state index contributed by atoms with van der Waals surface area (Å²) in [6.07, 6.45) is 0.446. The molecule has 16 heavy (non-hydrogen) atoms. The molecule has 2 unspecified atom stereocenters. The summed E-state index contributed by atoms with van der Waals surface area (Å²) in [5.74, 6) is 0.0908. The Morgan fingerprint density at radius 3 is 2.38 bits per heavy atom. The van der Waals surface area contributed by atoms with Crippen LogP contribution >= 0.6 is 0 Å². The zero-order valence-corrected chi connectivity index (χ0v) is 9.93. The van der Waals surface area contributed by atoms with Gasteiger partial charge in [-0.05, 0) is 12.8 Å². The van der Waals surface area contributed by atoms with Gasteiger partial charge >= 0.3 is 6.61 Å². The summed E-state index contributed by atoms with van der Waals surface area (Å²) in [4.78, 5) is 11.9. The minimum absolute atomic E-state index is 0.0856. The summed E-state index contributed by atoms with van der Waals surface area (Å²) in [6, 6.07) is 0. The molecule has 2 atom stereocenters. The molecule has 0 aromatic carbocycles. The molecule has 1 rings (SSSR count). The van der Waals surface area contributed by atoms with E-state index in [0.29, 0.717) is 19.4 Å². The van der Waals surface area contributed by atoms with Gasteiger partial charge in [0.1, 0.15) is 12.0 Å². The lowest BCUT2D eigenvalue weighted by molar-refractivity contribution is -0.178. The van der Waals surface area contributed by atoms with E-state index in [1.807, 2.05) is 20.8 Å². The molecular formula is C11H19F2NO2. The average molecular weight is 235 g/mol. The lowest BCUT2D eigenvalue weighted by Crippen LogP contribution is -2.46. The fourth-order valence-corrected chi connectivity index (χ4v) is 1.91. The van der Waals surface area contributed by atoms with Gasteiger partial charge in [0.2, 0.25) is 0 Å². The topological polar surface area (TPSA) is 38.3 Å². The van der Waals surface area contributed by atoms with Crippen LogP contribution in [0.2, 0.25) is 0 Å². The van der Waals surface area contributed by atoms with Gasteiger partial charge in [-0.2, -0.15) is 8.78 Å². The number of Topliss-reactive ketones (excluding diaryl/α,β-unsaturated/α-hetero) is 1. The second kappa shape index (κ2) is 5.19. The van der Waals surface area contributed by atoms with Gasteiger partial charge in [0.25, 0.3) is 0 Å². The molecule has 0 spiro atoms. The quantitative estimate of drug-likeness (QED) is 0.814. The van der Waals surface area contributed by atoms with Crippen molar-refractivity contribution in [2.24, 2.45) is 11.3 Å². The molecule has 1 N–H and O–H groups in total. The van der Waals surface area contributed by atoms with E-state index in [-0.39, 0.29) is 17.1 Å². The predicted molar refractivity (Wildman–Crippen MR) is 56.1 cm³/mol. The smallest absolute Gasteiger partial charge is 0.304 e. The van der Waals surface area contributed by atoms with Crippen LogP contribution < -0.4 is 5.32 Å². The van der Waals surface area contributed by atoms with Crippen LogP contribution in [0.3, 0.4) is 0 Å². The summed E-state index contributed by atoms with van der Waals surface area (Å²) in [6.45, 7) is 3.28. The molecule has 0 aromatic heterocycles. The van der Waals surface area contributed by atoms with Gasteiger partial charge in [0.15, 0.2) is 0 Å². The van der Waals surface area contributed by atoms with Crippen molar-refractivity contribution in [3.63, 3.8) is 0 Å². The van der Waals surface area contributed by atoms with Crippen LogP contribution in [-0.2, 0) is 9.53 Å². The van der Waals surface area contributed by atoms with E-state index in [1.54, 1.807) is 0 Å². The number of hydrogen-bond donors (Lipinski definition) is 1. The van der Waals surface area contributed by atoms with Crippen LogP contribution in [0.15, 0.2) is 0 Å². The maximum Gasteiger partial charge on any atom is 0.346 e. The molecule has 0 aromatic rings. The number of hydrogen-bond acceptors (Lipinski definition) is 3. The van der Waals surface area contributed by atoms with Gasteiger partial charge in [-0.15, -0.1) is 0 Å². The summed E-state index contributed by atoms with van der Waals surface area (Å²) >= 11 is 0. The minimum atomic E-state index is -2.76. The summed E-state index contributed by atoms with van der Waals surface area (Å²) in [5, 5.41) is 2.83. The summed E-state index contributed by atoms with van der Waals surface area (Å²) in [7, 11) is 0. The van der Waals surface area contributed by atoms with Crippen molar-refractivity contribution in [3.8, 4) is 0 Å². The molecule has 94 valence electrons. The lowest BCUT2D eigenvalue weighted by Gasteiger charge is -2.32. The first kappa shape index (κ1) is 13.5. The van der Waals surface area contributed by atoms with Crippen LogP contribution in [-0.4, -0.2) is 25.2 Å². The van der Waals surface area contributed by atoms with Gasteiger partial charge < -0.3 is 4.74 Å². The molecular weight excluding hydrogens is 216 g/mol. The third kappa shape index (κ3) is 3.79. The molecule has 5 heteroatoms. The molecule has 0 amide bonds. The number of ketones is 1. The fourth-order valence-electron chi connectivity index (χ4n) is 1.91. The first-order valence-electron chi connectivity index (χ1n) is 5.52. The highest BCUT2D eigenvalue weighted by molar-refractivity contribution is 5.86. The van der Waals surface area contributed by atoms with Crippen molar-refractivity contribution < 1.29 is 18.3 Å². The third-order valence-corrected chi connectivity index (χ3v) is 2.75. The molecule has 1 aliphatic rings. The number of alkyl halides is 2. The summed E-state index contributed by atoms with van der Waals surface area (Å²) in [5.41, 5.74) is -0.372. The Labute approximate surface area is 94.5 Å². The molecule has 1 saturated heterocycles. The number of piperidine rings is 1.